The Morgan fingerprint density at radius 3 is 2.31 bits per heavy atom. The molecular formula is C24H28N2O3. The minimum absolute atomic E-state index is 0.0497. The summed E-state index contributed by atoms with van der Waals surface area (Å²) in [7, 11) is 0. The molecule has 2 atom stereocenters. The highest BCUT2D eigenvalue weighted by atomic mass is 16.6. The molecule has 29 heavy (non-hydrogen) atoms. The Morgan fingerprint density at radius 1 is 1.10 bits per heavy atom. The van der Waals surface area contributed by atoms with Gasteiger partial charge in [0, 0.05) is 36.7 Å². The third-order valence-corrected chi connectivity index (χ3v) is 6.20. The maximum Gasteiger partial charge on any atom is 0.317 e. The average molecular weight is 392 g/mol. The number of amides is 2. The third kappa shape index (κ3) is 3.50. The molecular weight excluding hydrogens is 364 g/mol. The van der Waals surface area contributed by atoms with E-state index in [-0.39, 0.29) is 23.8 Å². The van der Waals surface area contributed by atoms with Crippen LogP contribution in [0.15, 0.2) is 60.7 Å². The Morgan fingerprint density at radius 2 is 1.72 bits per heavy atom. The highest BCUT2D eigenvalue weighted by Gasteiger charge is 2.59. The van der Waals surface area contributed by atoms with E-state index in [9.17, 15) is 9.59 Å². The summed E-state index contributed by atoms with van der Waals surface area (Å²) in [6.45, 7) is 3.86. The summed E-state index contributed by atoms with van der Waals surface area (Å²) in [4.78, 5) is 27.5. The molecule has 2 saturated heterocycles. The van der Waals surface area contributed by atoms with Gasteiger partial charge >= 0.3 is 12.0 Å². The summed E-state index contributed by atoms with van der Waals surface area (Å²) in [6.07, 6.45) is 2.63. The quantitative estimate of drug-likeness (QED) is 0.619. The molecule has 5 heteroatoms. The van der Waals surface area contributed by atoms with Gasteiger partial charge in [0.1, 0.15) is 0 Å². The zero-order chi connectivity index (χ0) is 20.3. The van der Waals surface area contributed by atoms with Crippen LogP contribution in [0.2, 0.25) is 0 Å². The molecule has 0 bridgehead atoms. The predicted molar refractivity (Wildman–Crippen MR) is 111 cm³/mol. The Bertz CT molecular complexity index is 813. The van der Waals surface area contributed by atoms with Crippen LogP contribution in [-0.4, -0.2) is 36.5 Å². The van der Waals surface area contributed by atoms with Crippen LogP contribution in [-0.2, 0) is 15.1 Å². The molecule has 0 radical (unpaired) electrons. The summed E-state index contributed by atoms with van der Waals surface area (Å²) in [5, 5.41) is 3.01. The molecule has 0 aliphatic carbocycles. The molecule has 4 rings (SSSR count). The third-order valence-electron chi connectivity index (χ3n) is 6.20. The van der Waals surface area contributed by atoms with Gasteiger partial charge in [0.25, 0.3) is 0 Å². The highest BCUT2D eigenvalue weighted by molar-refractivity contribution is 5.79. The number of piperidine rings is 1. The van der Waals surface area contributed by atoms with Gasteiger partial charge in [0.15, 0.2) is 5.60 Å². The zero-order valence-corrected chi connectivity index (χ0v) is 16.8. The number of ether oxygens (including phenoxy) is 1. The second kappa shape index (κ2) is 8.27. The van der Waals surface area contributed by atoms with Crippen molar-refractivity contribution in [1.82, 2.24) is 10.2 Å². The lowest BCUT2D eigenvalue weighted by Crippen LogP contribution is -2.52. The van der Waals surface area contributed by atoms with Gasteiger partial charge in [-0.3, -0.25) is 4.79 Å². The number of carbonyl (C=O) groups is 2. The molecule has 0 saturated carbocycles. The number of hydrogen-bond donors (Lipinski definition) is 1. The Kier molecular flexibility index (Phi) is 5.56. The van der Waals surface area contributed by atoms with E-state index >= 15 is 0 Å². The summed E-state index contributed by atoms with van der Waals surface area (Å²) in [5.41, 5.74) is 1.05. The molecule has 1 N–H and O–H groups in total. The molecule has 0 spiro atoms. The van der Waals surface area contributed by atoms with Crippen molar-refractivity contribution in [2.75, 3.05) is 19.6 Å². The lowest BCUT2D eigenvalue weighted by atomic mass is 9.70. The first-order valence-electron chi connectivity index (χ1n) is 10.5. The van der Waals surface area contributed by atoms with E-state index in [1.807, 2.05) is 65.6 Å². The number of carbonyl (C=O) groups excluding carboxylic acids is 2. The van der Waals surface area contributed by atoms with E-state index < -0.39 is 5.60 Å². The molecule has 152 valence electrons. The molecule has 2 heterocycles. The van der Waals surface area contributed by atoms with Crippen LogP contribution in [0.5, 0.6) is 0 Å². The van der Waals surface area contributed by atoms with Crippen LogP contribution in [0.4, 0.5) is 4.79 Å². The molecule has 2 amide bonds. The predicted octanol–water partition coefficient (Wildman–Crippen LogP) is 3.93. The fourth-order valence-corrected chi connectivity index (χ4v) is 4.71. The van der Waals surface area contributed by atoms with Crippen molar-refractivity contribution in [2.45, 2.75) is 31.8 Å². The van der Waals surface area contributed by atoms with Crippen molar-refractivity contribution in [1.29, 1.82) is 0 Å². The number of urea groups is 1. The van der Waals surface area contributed by atoms with Crippen LogP contribution in [0, 0.1) is 11.8 Å². The minimum atomic E-state index is -0.868. The van der Waals surface area contributed by atoms with E-state index in [0.29, 0.717) is 26.1 Å². The summed E-state index contributed by atoms with van der Waals surface area (Å²) >= 11 is 0. The van der Waals surface area contributed by atoms with Gasteiger partial charge in [-0.2, -0.15) is 0 Å². The normalized spacial score (nSPS) is 22.7. The standard InChI is InChI=1S/C24H28N2O3/c1-2-3-15-25-23(28)26-16-14-20-21(17-26)24(29-22(20)27,18-10-6-4-7-11-18)19-12-8-5-9-13-19/h4-13,20-21H,2-3,14-17H2,1H3,(H,25,28). The molecule has 2 aromatic carbocycles. The van der Waals surface area contributed by atoms with Crippen molar-refractivity contribution in [2.24, 2.45) is 11.8 Å². The summed E-state index contributed by atoms with van der Waals surface area (Å²) in [5.74, 6) is -0.477. The van der Waals surface area contributed by atoms with Crippen molar-refractivity contribution in [3.05, 3.63) is 71.8 Å². The summed E-state index contributed by atoms with van der Waals surface area (Å²) < 4.78 is 6.20. The summed E-state index contributed by atoms with van der Waals surface area (Å²) in [6, 6.07) is 19.8. The van der Waals surface area contributed by atoms with E-state index in [1.165, 1.54) is 0 Å². The number of likely N-dealkylation sites (tertiary alicyclic amines) is 1. The Balaban J connectivity index is 1.70. The first-order chi connectivity index (χ1) is 14.2. The second-order valence-electron chi connectivity index (χ2n) is 7.92. The van der Waals surface area contributed by atoms with E-state index in [2.05, 4.69) is 12.2 Å². The van der Waals surface area contributed by atoms with Gasteiger partial charge in [0.05, 0.1) is 5.92 Å². The zero-order valence-electron chi connectivity index (χ0n) is 16.8. The topological polar surface area (TPSA) is 58.6 Å². The average Bonchev–Trinajstić information content (AvgIpc) is 3.08. The number of nitrogens with zero attached hydrogens (tertiary/aromatic N) is 1. The van der Waals surface area contributed by atoms with Crippen LogP contribution >= 0.6 is 0 Å². The molecule has 2 aliphatic rings. The molecule has 5 nitrogen and oxygen atoms in total. The van der Waals surface area contributed by atoms with Gasteiger partial charge in [-0.1, -0.05) is 74.0 Å². The van der Waals surface area contributed by atoms with Crippen LogP contribution in [0.1, 0.15) is 37.3 Å². The molecule has 2 unspecified atom stereocenters. The number of benzene rings is 2. The van der Waals surface area contributed by atoms with Crippen molar-refractivity contribution in [3.8, 4) is 0 Å². The lowest BCUT2D eigenvalue weighted by Gasteiger charge is -2.41. The lowest BCUT2D eigenvalue weighted by molar-refractivity contribution is -0.149. The number of cyclic esters (lactones) is 1. The highest BCUT2D eigenvalue weighted by Crippen LogP contribution is 2.52. The van der Waals surface area contributed by atoms with Gasteiger partial charge in [0.2, 0.25) is 0 Å². The molecule has 2 aliphatic heterocycles. The number of nitrogens with one attached hydrogen (secondary N) is 1. The van der Waals surface area contributed by atoms with Crippen molar-refractivity contribution < 1.29 is 14.3 Å². The second-order valence-corrected chi connectivity index (χ2v) is 7.92. The number of rotatable bonds is 5. The van der Waals surface area contributed by atoms with Gasteiger partial charge in [-0.05, 0) is 12.8 Å². The monoisotopic (exact) mass is 392 g/mol. The molecule has 0 aromatic heterocycles. The van der Waals surface area contributed by atoms with Crippen LogP contribution in [0.3, 0.4) is 0 Å². The molecule has 2 aromatic rings. The minimum Gasteiger partial charge on any atom is -0.449 e. The first kappa shape index (κ1) is 19.5. The first-order valence-corrected chi connectivity index (χ1v) is 10.5. The fourth-order valence-electron chi connectivity index (χ4n) is 4.71. The van der Waals surface area contributed by atoms with E-state index in [4.69, 9.17) is 4.74 Å². The number of hydrogen-bond acceptors (Lipinski definition) is 3. The largest absolute Gasteiger partial charge is 0.449 e. The van der Waals surface area contributed by atoms with Gasteiger partial charge in [-0.25, -0.2) is 4.79 Å². The van der Waals surface area contributed by atoms with E-state index in [0.717, 1.165) is 24.0 Å². The van der Waals surface area contributed by atoms with Gasteiger partial charge < -0.3 is 15.0 Å². The number of unbranched alkanes of at least 4 members (excludes halogenated alkanes) is 1. The smallest absolute Gasteiger partial charge is 0.317 e. The number of fused-ring (bicyclic) bond motifs is 1. The Labute approximate surface area is 172 Å². The maximum absolute atomic E-state index is 12.9. The van der Waals surface area contributed by atoms with Crippen LogP contribution in [0.25, 0.3) is 0 Å². The van der Waals surface area contributed by atoms with Gasteiger partial charge in [-0.15, -0.1) is 0 Å². The Hall–Kier alpha value is -2.82. The SMILES string of the molecule is CCCCNC(=O)N1CCC2C(=O)OC(c3ccccc3)(c3ccccc3)C2C1. The van der Waals surface area contributed by atoms with E-state index in [1.54, 1.807) is 0 Å². The maximum atomic E-state index is 12.9. The van der Waals surface area contributed by atoms with Crippen LogP contribution < -0.4 is 5.32 Å². The van der Waals surface area contributed by atoms with Crippen molar-refractivity contribution in [3.63, 3.8) is 0 Å². The molecule has 2 fully saturated rings. The van der Waals surface area contributed by atoms with Crippen molar-refractivity contribution >= 4 is 12.0 Å². The number of esters is 1. The fraction of sp³-hybridized carbons (Fsp3) is 0.417.